The van der Waals surface area contributed by atoms with Crippen molar-refractivity contribution in [3.63, 3.8) is 0 Å². The molecule has 32 heavy (non-hydrogen) atoms. The van der Waals surface area contributed by atoms with Crippen LogP contribution in [0.5, 0.6) is 0 Å². The summed E-state index contributed by atoms with van der Waals surface area (Å²) in [6, 6.07) is 1.12. The van der Waals surface area contributed by atoms with Crippen LogP contribution in [0.25, 0.3) is 0 Å². The molecule has 0 radical (unpaired) electrons. The second kappa shape index (κ2) is 14.2. The topological polar surface area (TPSA) is 46.6 Å². The highest BCUT2D eigenvalue weighted by atomic mass is 16.5. The first-order valence-electron chi connectivity index (χ1n) is 13.7. The lowest BCUT2D eigenvalue weighted by atomic mass is 9.93. The third-order valence-electron chi connectivity index (χ3n) is 8.23. The number of esters is 1. The van der Waals surface area contributed by atoms with Crippen molar-refractivity contribution >= 4 is 11.9 Å². The lowest BCUT2D eigenvalue weighted by Gasteiger charge is -2.49. The van der Waals surface area contributed by atoms with Gasteiger partial charge in [0.15, 0.2) is 6.10 Å². The zero-order chi connectivity index (χ0) is 23.4. The van der Waals surface area contributed by atoms with E-state index in [1.165, 1.54) is 64.2 Å². The number of hydrogen-bond acceptors (Lipinski definition) is 3. The summed E-state index contributed by atoms with van der Waals surface area (Å²) in [7, 11) is 2.32. The Morgan fingerprint density at radius 3 is 2.16 bits per heavy atom. The molecule has 0 N–H and O–H groups in total. The molecule has 0 bridgehead atoms. The SMILES string of the molecule is CCCCCCCCCCCC(=O)OC(CN1CCCC1=O)C[N+]1(C)C(C)CCCC1C. The van der Waals surface area contributed by atoms with Crippen molar-refractivity contribution in [2.75, 3.05) is 26.7 Å². The largest absolute Gasteiger partial charge is 0.454 e. The van der Waals surface area contributed by atoms with E-state index >= 15 is 0 Å². The quantitative estimate of drug-likeness (QED) is 0.178. The second-order valence-electron chi connectivity index (χ2n) is 10.8. The number of amides is 1. The van der Waals surface area contributed by atoms with Gasteiger partial charge in [0, 0.05) is 19.4 Å². The van der Waals surface area contributed by atoms with Crippen molar-refractivity contribution < 1.29 is 18.8 Å². The molecule has 2 fully saturated rings. The molecule has 2 aliphatic rings. The second-order valence-corrected chi connectivity index (χ2v) is 10.8. The van der Waals surface area contributed by atoms with Crippen LogP contribution in [0.2, 0.25) is 0 Å². The molecule has 0 aromatic rings. The van der Waals surface area contributed by atoms with E-state index in [9.17, 15) is 9.59 Å². The highest BCUT2D eigenvalue weighted by Crippen LogP contribution is 2.30. The van der Waals surface area contributed by atoms with Crippen LogP contribution in [0, 0.1) is 0 Å². The van der Waals surface area contributed by atoms with Gasteiger partial charge in [-0.1, -0.05) is 58.3 Å². The van der Waals surface area contributed by atoms with Crippen LogP contribution in [0.4, 0.5) is 0 Å². The average molecular weight is 452 g/mol. The van der Waals surface area contributed by atoms with E-state index in [4.69, 9.17) is 4.74 Å². The normalized spacial score (nSPS) is 27.0. The summed E-state index contributed by atoms with van der Waals surface area (Å²) in [4.78, 5) is 26.8. The maximum atomic E-state index is 12.7. The fourth-order valence-electron chi connectivity index (χ4n) is 5.63. The molecule has 0 aliphatic carbocycles. The van der Waals surface area contributed by atoms with Gasteiger partial charge in [0.25, 0.3) is 0 Å². The maximum absolute atomic E-state index is 12.7. The van der Waals surface area contributed by atoms with E-state index in [0.717, 1.165) is 36.8 Å². The van der Waals surface area contributed by atoms with Crippen LogP contribution in [0.3, 0.4) is 0 Å². The Hall–Kier alpha value is -1.10. The molecule has 0 spiro atoms. The van der Waals surface area contributed by atoms with Gasteiger partial charge in [-0.25, -0.2) is 0 Å². The summed E-state index contributed by atoms with van der Waals surface area (Å²) in [6.45, 7) is 9.10. The number of hydrogen-bond donors (Lipinski definition) is 0. The number of piperidine rings is 1. The van der Waals surface area contributed by atoms with Crippen LogP contribution in [0.1, 0.15) is 117 Å². The third-order valence-corrected chi connectivity index (χ3v) is 8.23. The Morgan fingerprint density at radius 2 is 1.59 bits per heavy atom. The van der Waals surface area contributed by atoms with Crippen molar-refractivity contribution in [2.24, 2.45) is 0 Å². The maximum Gasteiger partial charge on any atom is 0.306 e. The molecule has 2 aliphatic heterocycles. The minimum absolute atomic E-state index is 0.0755. The van der Waals surface area contributed by atoms with Crippen molar-refractivity contribution in [2.45, 2.75) is 135 Å². The van der Waals surface area contributed by atoms with Crippen molar-refractivity contribution in [1.29, 1.82) is 0 Å². The van der Waals surface area contributed by atoms with Gasteiger partial charge in [-0.2, -0.15) is 0 Å². The lowest BCUT2D eigenvalue weighted by molar-refractivity contribution is -0.960. The number of nitrogens with zero attached hydrogens (tertiary/aromatic N) is 2. The van der Waals surface area contributed by atoms with Gasteiger partial charge in [0.2, 0.25) is 5.91 Å². The van der Waals surface area contributed by atoms with E-state index in [-0.39, 0.29) is 18.0 Å². The number of quaternary nitrogens is 1. The number of carbonyl (C=O) groups excluding carboxylic acids is 2. The average Bonchev–Trinajstić information content (AvgIpc) is 3.15. The Labute approximate surface area is 197 Å². The minimum atomic E-state index is -0.198. The highest BCUT2D eigenvalue weighted by molar-refractivity contribution is 5.78. The van der Waals surface area contributed by atoms with E-state index < -0.39 is 0 Å². The molecule has 5 heteroatoms. The predicted octanol–water partition coefficient (Wildman–Crippen LogP) is 5.85. The summed E-state index contributed by atoms with van der Waals surface area (Å²) in [5.74, 6) is 0.140. The molecule has 2 saturated heterocycles. The highest BCUT2D eigenvalue weighted by Gasteiger charge is 2.41. The number of ether oxygens (including phenoxy) is 1. The van der Waals surface area contributed by atoms with E-state index in [1.807, 2.05) is 4.90 Å². The summed E-state index contributed by atoms with van der Waals surface area (Å²) in [5.41, 5.74) is 0. The predicted molar refractivity (Wildman–Crippen MR) is 131 cm³/mol. The fourth-order valence-corrected chi connectivity index (χ4v) is 5.63. The minimum Gasteiger partial charge on any atom is -0.454 e. The third kappa shape index (κ3) is 8.68. The van der Waals surface area contributed by atoms with Gasteiger partial charge in [0.05, 0.1) is 25.7 Å². The number of unbranched alkanes of at least 4 members (excludes halogenated alkanes) is 8. The molecule has 3 atom stereocenters. The van der Waals surface area contributed by atoms with Crippen LogP contribution >= 0.6 is 0 Å². The number of likely N-dealkylation sites (N-methyl/N-ethyl adjacent to an activating group) is 1. The molecule has 2 heterocycles. The molecule has 186 valence electrons. The fraction of sp³-hybridized carbons (Fsp3) is 0.926. The zero-order valence-corrected chi connectivity index (χ0v) is 21.6. The summed E-state index contributed by atoms with van der Waals surface area (Å²) < 4.78 is 6.99. The Bertz CT molecular complexity index is 555. The first kappa shape index (κ1) is 27.1. The summed E-state index contributed by atoms with van der Waals surface area (Å²) in [5, 5.41) is 0. The molecule has 1 amide bonds. The van der Waals surface area contributed by atoms with Gasteiger partial charge in [0.1, 0.15) is 6.54 Å². The zero-order valence-electron chi connectivity index (χ0n) is 21.6. The number of likely N-dealkylation sites (tertiary alicyclic amines) is 2. The summed E-state index contributed by atoms with van der Waals surface area (Å²) in [6.07, 6.45) is 16.8. The van der Waals surface area contributed by atoms with E-state index in [1.54, 1.807) is 0 Å². The van der Waals surface area contributed by atoms with Crippen molar-refractivity contribution in [3.8, 4) is 0 Å². The Morgan fingerprint density at radius 1 is 1.00 bits per heavy atom. The molecular formula is C27H51N2O3+. The van der Waals surface area contributed by atoms with Gasteiger partial charge in [-0.15, -0.1) is 0 Å². The van der Waals surface area contributed by atoms with Gasteiger partial charge >= 0.3 is 5.97 Å². The first-order chi connectivity index (χ1) is 15.4. The van der Waals surface area contributed by atoms with Gasteiger partial charge < -0.3 is 14.1 Å². The number of rotatable bonds is 15. The Balaban J connectivity index is 1.80. The molecule has 3 unspecified atom stereocenters. The molecule has 5 nitrogen and oxygen atoms in total. The molecular weight excluding hydrogens is 400 g/mol. The number of carbonyl (C=O) groups is 2. The van der Waals surface area contributed by atoms with Crippen LogP contribution in [-0.2, 0) is 14.3 Å². The first-order valence-corrected chi connectivity index (χ1v) is 13.7. The smallest absolute Gasteiger partial charge is 0.306 e. The lowest BCUT2D eigenvalue weighted by Crippen LogP contribution is -2.62. The van der Waals surface area contributed by atoms with E-state index in [0.29, 0.717) is 31.5 Å². The van der Waals surface area contributed by atoms with Crippen molar-refractivity contribution in [3.05, 3.63) is 0 Å². The molecule has 0 saturated carbocycles. The monoisotopic (exact) mass is 451 g/mol. The van der Waals surface area contributed by atoms with Crippen LogP contribution < -0.4 is 0 Å². The molecule has 0 aromatic carbocycles. The summed E-state index contributed by atoms with van der Waals surface area (Å²) >= 11 is 0. The van der Waals surface area contributed by atoms with Crippen LogP contribution in [0.15, 0.2) is 0 Å². The van der Waals surface area contributed by atoms with Gasteiger partial charge in [-0.3, -0.25) is 9.59 Å². The molecule has 0 aromatic heterocycles. The molecule has 2 rings (SSSR count). The van der Waals surface area contributed by atoms with E-state index in [2.05, 4.69) is 27.8 Å². The Kier molecular flexibility index (Phi) is 12.1. The van der Waals surface area contributed by atoms with Crippen molar-refractivity contribution in [1.82, 2.24) is 4.90 Å². The van der Waals surface area contributed by atoms with Crippen LogP contribution in [-0.4, -0.2) is 66.1 Å². The van der Waals surface area contributed by atoms with Gasteiger partial charge in [-0.05, 0) is 46.0 Å². The standard InChI is InChI=1S/C27H51N2O3/c1-5-6-7-8-9-10-11-12-13-19-27(31)32-25(21-28-20-15-18-26(28)30)22-29(4)23(2)16-14-17-24(29)3/h23-25H,5-22H2,1-4H3/q+1.